The summed E-state index contributed by atoms with van der Waals surface area (Å²) in [6, 6.07) is 11.9. The summed E-state index contributed by atoms with van der Waals surface area (Å²) in [6.07, 6.45) is 0.466. The van der Waals surface area contributed by atoms with Crippen LogP contribution in [0.25, 0.3) is 0 Å². The van der Waals surface area contributed by atoms with Crippen LogP contribution in [-0.2, 0) is 17.8 Å². The molecule has 88 valence electrons. The fourth-order valence-corrected chi connectivity index (χ4v) is 2.40. The van der Waals surface area contributed by atoms with E-state index in [0.29, 0.717) is 13.0 Å². The van der Waals surface area contributed by atoms with Crippen LogP contribution in [0.3, 0.4) is 0 Å². The number of carbonyl (C=O) groups excluding carboxylic acids is 1. The maximum absolute atomic E-state index is 11.6. The molecule has 1 amide bonds. The summed E-state index contributed by atoms with van der Waals surface area (Å²) in [5.74, 6) is 0.0652. The highest BCUT2D eigenvalue weighted by atomic mass is 79.9. The zero-order chi connectivity index (χ0) is 12.1. The molecule has 2 nitrogen and oxygen atoms in total. The molecule has 4 heteroatoms. The Balaban J connectivity index is 1.82. The van der Waals surface area contributed by atoms with Crippen LogP contribution in [0.15, 0.2) is 46.3 Å². The number of carbonyl (C=O) groups is 1. The van der Waals surface area contributed by atoms with E-state index in [4.69, 9.17) is 0 Å². The number of thiophene rings is 1. The normalized spacial score (nSPS) is 10.2. The van der Waals surface area contributed by atoms with E-state index in [1.165, 1.54) is 0 Å². The highest BCUT2D eigenvalue weighted by Crippen LogP contribution is 2.11. The third kappa shape index (κ3) is 3.98. The molecule has 0 radical (unpaired) electrons. The van der Waals surface area contributed by atoms with Crippen molar-refractivity contribution in [3.05, 3.63) is 56.7 Å². The number of halogens is 1. The highest BCUT2D eigenvalue weighted by Gasteiger charge is 2.03. The highest BCUT2D eigenvalue weighted by molar-refractivity contribution is 9.10. The molecule has 0 spiro atoms. The minimum Gasteiger partial charge on any atom is -0.352 e. The van der Waals surface area contributed by atoms with Gasteiger partial charge < -0.3 is 5.32 Å². The molecule has 0 aliphatic heterocycles. The van der Waals surface area contributed by atoms with Gasteiger partial charge in [-0.1, -0.05) is 34.1 Å². The molecule has 0 atom stereocenters. The predicted octanol–water partition coefficient (Wildman–Crippen LogP) is 3.37. The molecule has 1 aromatic heterocycles. The number of amides is 1. The Kier molecular flexibility index (Phi) is 4.34. The van der Waals surface area contributed by atoms with E-state index in [2.05, 4.69) is 21.2 Å². The van der Waals surface area contributed by atoms with Gasteiger partial charge in [0.15, 0.2) is 0 Å². The minimum atomic E-state index is 0.0652. The molecule has 1 aromatic carbocycles. The first-order chi connectivity index (χ1) is 8.24. The lowest BCUT2D eigenvalue weighted by molar-refractivity contribution is -0.120. The Morgan fingerprint density at radius 3 is 2.65 bits per heavy atom. The van der Waals surface area contributed by atoms with Crippen LogP contribution in [0.1, 0.15) is 10.4 Å². The quantitative estimate of drug-likeness (QED) is 0.922. The van der Waals surface area contributed by atoms with Gasteiger partial charge in [0, 0.05) is 15.9 Å². The lowest BCUT2D eigenvalue weighted by atomic mass is 10.2. The van der Waals surface area contributed by atoms with Gasteiger partial charge in [0.05, 0.1) is 6.42 Å². The molecule has 0 fully saturated rings. The second-order valence-corrected chi connectivity index (χ2v) is 5.61. The minimum absolute atomic E-state index is 0.0652. The second kappa shape index (κ2) is 5.98. The molecule has 0 bridgehead atoms. The van der Waals surface area contributed by atoms with Crippen LogP contribution < -0.4 is 5.32 Å². The summed E-state index contributed by atoms with van der Waals surface area (Å²) in [4.78, 5) is 12.7. The fraction of sp³-hybridized carbons (Fsp3) is 0.154. The Hall–Kier alpha value is -1.13. The van der Waals surface area contributed by atoms with E-state index in [1.54, 1.807) is 11.3 Å². The third-order valence-corrected chi connectivity index (χ3v) is 3.72. The van der Waals surface area contributed by atoms with Gasteiger partial charge in [-0.25, -0.2) is 0 Å². The number of benzene rings is 1. The lowest BCUT2D eigenvalue weighted by Crippen LogP contribution is -2.24. The van der Waals surface area contributed by atoms with E-state index in [0.717, 1.165) is 14.9 Å². The SMILES string of the molecule is O=C(Cc1cccs1)NCc1ccc(Br)cc1. The smallest absolute Gasteiger partial charge is 0.225 e. The third-order valence-electron chi connectivity index (χ3n) is 2.32. The molecule has 0 saturated heterocycles. The van der Waals surface area contributed by atoms with E-state index in [9.17, 15) is 4.79 Å². The molecule has 0 unspecified atom stereocenters. The maximum Gasteiger partial charge on any atom is 0.225 e. The Morgan fingerprint density at radius 2 is 2.00 bits per heavy atom. The van der Waals surface area contributed by atoms with Crippen LogP contribution in [0, 0.1) is 0 Å². The van der Waals surface area contributed by atoms with Gasteiger partial charge in [-0.15, -0.1) is 11.3 Å². The van der Waals surface area contributed by atoms with Gasteiger partial charge in [-0.3, -0.25) is 4.79 Å². The summed E-state index contributed by atoms with van der Waals surface area (Å²) in [5, 5.41) is 4.89. The molecule has 2 aromatic rings. The predicted molar refractivity (Wildman–Crippen MR) is 74.0 cm³/mol. The Labute approximate surface area is 113 Å². The number of hydrogen-bond acceptors (Lipinski definition) is 2. The van der Waals surface area contributed by atoms with Crippen LogP contribution in [-0.4, -0.2) is 5.91 Å². The van der Waals surface area contributed by atoms with Gasteiger partial charge >= 0.3 is 0 Å². The topological polar surface area (TPSA) is 29.1 Å². The monoisotopic (exact) mass is 309 g/mol. The molecule has 0 saturated carbocycles. The zero-order valence-corrected chi connectivity index (χ0v) is 11.6. The average molecular weight is 310 g/mol. The summed E-state index contributed by atoms with van der Waals surface area (Å²) in [6.45, 7) is 0.581. The zero-order valence-electron chi connectivity index (χ0n) is 9.15. The van der Waals surface area contributed by atoms with Crippen molar-refractivity contribution in [1.29, 1.82) is 0 Å². The summed E-state index contributed by atoms with van der Waals surface area (Å²) in [7, 11) is 0. The van der Waals surface area contributed by atoms with Crippen molar-refractivity contribution in [2.45, 2.75) is 13.0 Å². The van der Waals surface area contributed by atoms with Gasteiger partial charge in [0.1, 0.15) is 0 Å². The molecule has 0 aliphatic carbocycles. The number of rotatable bonds is 4. The van der Waals surface area contributed by atoms with Crippen molar-refractivity contribution < 1.29 is 4.79 Å². The molecule has 2 rings (SSSR count). The van der Waals surface area contributed by atoms with Gasteiger partial charge in [0.2, 0.25) is 5.91 Å². The Morgan fingerprint density at radius 1 is 1.24 bits per heavy atom. The lowest BCUT2D eigenvalue weighted by Gasteiger charge is -2.04. The first kappa shape index (κ1) is 12.3. The van der Waals surface area contributed by atoms with E-state index in [1.807, 2.05) is 41.8 Å². The van der Waals surface area contributed by atoms with Crippen molar-refractivity contribution in [1.82, 2.24) is 5.32 Å². The molecular weight excluding hydrogens is 298 g/mol. The van der Waals surface area contributed by atoms with Crippen LogP contribution in [0.4, 0.5) is 0 Å². The van der Waals surface area contributed by atoms with Gasteiger partial charge in [-0.2, -0.15) is 0 Å². The summed E-state index contributed by atoms with van der Waals surface area (Å²) < 4.78 is 1.05. The van der Waals surface area contributed by atoms with E-state index in [-0.39, 0.29) is 5.91 Å². The van der Waals surface area contributed by atoms with Crippen LogP contribution in [0.2, 0.25) is 0 Å². The largest absolute Gasteiger partial charge is 0.352 e. The van der Waals surface area contributed by atoms with Crippen molar-refractivity contribution in [2.24, 2.45) is 0 Å². The average Bonchev–Trinajstić information content (AvgIpc) is 2.81. The number of hydrogen-bond donors (Lipinski definition) is 1. The first-order valence-electron chi connectivity index (χ1n) is 5.27. The fourth-order valence-electron chi connectivity index (χ4n) is 1.44. The van der Waals surface area contributed by atoms with Gasteiger partial charge in [-0.05, 0) is 29.1 Å². The summed E-state index contributed by atoms with van der Waals surface area (Å²) >= 11 is 4.99. The van der Waals surface area contributed by atoms with Crippen molar-refractivity contribution in [3.63, 3.8) is 0 Å². The van der Waals surface area contributed by atoms with Crippen LogP contribution >= 0.6 is 27.3 Å². The van der Waals surface area contributed by atoms with Crippen LogP contribution in [0.5, 0.6) is 0 Å². The molecule has 17 heavy (non-hydrogen) atoms. The van der Waals surface area contributed by atoms with Crippen molar-refractivity contribution in [3.8, 4) is 0 Å². The van der Waals surface area contributed by atoms with Crippen molar-refractivity contribution >= 4 is 33.2 Å². The number of nitrogens with one attached hydrogen (secondary N) is 1. The van der Waals surface area contributed by atoms with Crippen molar-refractivity contribution in [2.75, 3.05) is 0 Å². The Bertz CT molecular complexity index is 479. The first-order valence-corrected chi connectivity index (χ1v) is 6.95. The molecule has 1 heterocycles. The molecular formula is C13H12BrNOS. The van der Waals surface area contributed by atoms with E-state index >= 15 is 0 Å². The van der Waals surface area contributed by atoms with Gasteiger partial charge in [0.25, 0.3) is 0 Å². The summed E-state index contributed by atoms with van der Waals surface area (Å²) in [5.41, 5.74) is 1.10. The standard InChI is InChI=1S/C13H12BrNOS/c14-11-5-3-10(4-6-11)9-15-13(16)8-12-2-1-7-17-12/h1-7H,8-9H2,(H,15,16). The maximum atomic E-state index is 11.6. The van der Waals surface area contributed by atoms with E-state index < -0.39 is 0 Å². The molecule has 1 N–H and O–H groups in total. The molecule has 0 aliphatic rings. The second-order valence-electron chi connectivity index (χ2n) is 3.66.